The lowest BCUT2D eigenvalue weighted by atomic mass is 10.1. The molecule has 0 fully saturated rings. The molecule has 0 atom stereocenters. The maximum Gasteiger partial charge on any atom is 0.124 e. The van der Waals surface area contributed by atoms with Crippen molar-refractivity contribution >= 4 is 27.2 Å². The predicted molar refractivity (Wildman–Crippen MR) is 78.9 cm³/mol. The van der Waals surface area contributed by atoms with Gasteiger partial charge < -0.3 is 5.73 Å². The van der Waals surface area contributed by atoms with Gasteiger partial charge in [-0.25, -0.2) is 4.98 Å². The first kappa shape index (κ1) is 11.2. The number of hydrogen-bond donors (Lipinski definition) is 1. The van der Waals surface area contributed by atoms with E-state index in [1.54, 1.807) is 11.3 Å². The van der Waals surface area contributed by atoms with Crippen LogP contribution >= 0.6 is 11.3 Å². The number of fused-ring (bicyclic) bond motifs is 1. The molecule has 0 aliphatic carbocycles. The highest BCUT2D eigenvalue weighted by atomic mass is 32.1. The Balaban J connectivity index is 2.16. The first-order valence-corrected chi connectivity index (χ1v) is 6.69. The summed E-state index contributed by atoms with van der Waals surface area (Å²) in [4.78, 5) is 4.65. The van der Waals surface area contributed by atoms with Crippen LogP contribution in [0.15, 0.2) is 36.4 Å². The van der Waals surface area contributed by atoms with Crippen molar-refractivity contribution in [3.05, 3.63) is 47.5 Å². The van der Waals surface area contributed by atoms with Gasteiger partial charge in [-0.05, 0) is 49.2 Å². The summed E-state index contributed by atoms with van der Waals surface area (Å²) in [5, 5.41) is 1.05. The molecule has 2 nitrogen and oxygen atoms in total. The van der Waals surface area contributed by atoms with Crippen molar-refractivity contribution < 1.29 is 0 Å². The van der Waals surface area contributed by atoms with Crippen LogP contribution in [0.3, 0.4) is 0 Å². The molecule has 3 heteroatoms. The van der Waals surface area contributed by atoms with E-state index in [4.69, 9.17) is 5.73 Å². The van der Waals surface area contributed by atoms with Gasteiger partial charge in [0.1, 0.15) is 5.01 Å². The van der Waals surface area contributed by atoms with Crippen molar-refractivity contribution in [2.45, 2.75) is 13.8 Å². The van der Waals surface area contributed by atoms with Gasteiger partial charge in [-0.15, -0.1) is 11.3 Å². The van der Waals surface area contributed by atoms with E-state index in [9.17, 15) is 0 Å². The molecule has 0 amide bonds. The predicted octanol–water partition coefficient (Wildman–Crippen LogP) is 4.16. The van der Waals surface area contributed by atoms with Crippen molar-refractivity contribution in [3.8, 4) is 10.6 Å². The molecule has 1 heterocycles. The zero-order valence-corrected chi connectivity index (χ0v) is 11.2. The molecule has 2 aromatic carbocycles. The van der Waals surface area contributed by atoms with Gasteiger partial charge in [-0.3, -0.25) is 0 Å². The Labute approximate surface area is 110 Å². The average molecular weight is 254 g/mol. The van der Waals surface area contributed by atoms with Gasteiger partial charge in [0.25, 0.3) is 0 Å². The molecule has 0 aliphatic heterocycles. The van der Waals surface area contributed by atoms with E-state index < -0.39 is 0 Å². The molecule has 90 valence electrons. The number of hydrogen-bond acceptors (Lipinski definition) is 3. The van der Waals surface area contributed by atoms with Gasteiger partial charge >= 0.3 is 0 Å². The molecule has 0 saturated heterocycles. The molecule has 2 N–H and O–H groups in total. The molecule has 0 unspecified atom stereocenters. The minimum absolute atomic E-state index is 0.763. The summed E-state index contributed by atoms with van der Waals surface area (Å²) in [6.45, 7) is 4.25. The maximum atomic E-state index is 5.78. The molecular weight excluding hydrogens is 240 g/mol. The molecule has 18 heavy (non-hydrogen) atoms. The summed E-state index contributed by atoms with van der Waals surface area (Å²) in [6, 6.07) is 12.3. The van der Waals surface area contributed by atoms with Crippen molar-refractivity contribution in [2.24, 2.45) is 0 Å². The second-order valence-corrected chi connectivity index (χ2v) is 5.58. The quantitative estimate of drug-likeness (QED) is 0.662. The van der Waals surface area contributed by atoms with Crippen molar-refractivity contribution in [1.82, 2.24) is 4.98 Å². The van der Waals surface area contributed by atoms with Gasteiger partial charge in [-0.2, -0.15) is 0 Å². The topological polar surface area (TPSA) is 38.9 Å². The van der Waals surface area contributed by atoms with Crippen LogP contribution in [0, 0.1) is 13.8 Å². The number of aryl methyl sites for hydroxylation is 2. The largest absolute Gasteiger partial charge is 0.399 e. The van der Waals surface area contributed by atoms with Crippen LogP contribution in [0.1, 0.15) is 11.1 Å². The van der Waals surface area contributed by atoms with E-state index in [2.05, 4.69) is 37.0 Å². The lowest BCUT2D eigenvalue weighted by Crippen LogP contribution is -1.83. The number of rotatable bonds is 1. The number of thiazole rings is 1. The van der Waals surface area contributed by atoms with E-state index >= 15 is 0 Å². The van der Waals surface area contributed by atoms with E-state index in [-0.39, 0.29) is 0 Å². The van der Waals surface area contributed by atoms with Crippen LogP contribution in [-0.4, -0.2) is 4.98 Å². The van der Waals surface area contributed by atoms with Crippen LogP contribution in [0.5, 0.6) is 0 Å². The van der Waals surface area contributed by atoms with Gasteiger partial charge in [0.15, 0.2) is 0 Å². The normalized spacial score (nSPS) is 11.0. The number of nitrogen functional groups attached to an aromatic ring is 1. The van der Waals surface area contributed by atoms with Crippen LogP contribution in [0.25, 0.3) is 20.8 Å². The summed E-state index contributed by atoms with van der Waals surface area (Å²) in [7, 11) is 0. The van der Waals surface area contributed by atoms with Crippen molar-refractivity contribution in [1.29, 1.82) is 0 Å². The number of nitrogens with two attached hydrogens (primary N) is 1. The Morgan fingerprint density at radius 3 is 2.61 bits per heavy atom. The molecule has 0 saturated carbocycles. The highest BCUT2D eigenvalue weighted by Gasteiger charge is 2.07. The lowest BCUT2D eigenvalue weighted by molar-refractivity contribution is 1.34. The highest BCUT2D eigenvalue weighted by Crippen LogP contribution is 2.31. The molecule has 0 bridgehead atoms. The van der Waals surface area contributed by atoms with E-state index in [1.807, 2.05) is 18.2 Å². The van der Waals surface area contributed by atoms with Gasteiger partial charge in [0, 0.05) is 11.3 Å². The Bertz CT molecular complexity index is 728. The Kier molecular flexibility index (Phi) is 2.56. The molecule has 0 aliphatic rings. The third-order valence-electron chi connectivity index (χ3n) is 3.17. The van der Waals surface area contributed by atoms with Crippen molar-refractivity contribution in [3.63, 3.8) is 0 Å². The minimum Gasteiger partial charge on any atom is -0.399 e. The number of aromatic nitrogens is 1. The standard InChI is InChI=1S/C15H14N2S/c1-9-3-4-11(7-10(9)2)15-17-13-8-12(16)5-6-14(13)18-15/h3-8H,16H2,1-2H3. The molecule has 0 radical (unpaired) electrons. The molecule has 0 spiro atoms. The first-order chi connectivity index (χ1) is 8.63. The zero-order valence-electron chi connectivity index (χ0n) is 10.4. The number of anilines is 1. The Hall–Kier alpha value is -1.87. The molecular formula is C15H14N2S. The fourth-order valence-electron chi connectivity index (χ4n) is 1.94. The van der Waals surface area contributed by atoms with Crippen LogP contribution in [0.2, 0.25) is 0 Å². The smallest absolute Gasteiger partial charge is 0.124 e. The summed E-state index contributed by atoms with van der Waals surface area (Å²) in [6.07, 6.45) is 0. The van der Waals surface area contributed by atoms with E-state index in [0.717, 1.165) is 16.2 Å². The van der Waals surface area contributed by atoms with Crippen LogP contribution in [-0.2, 0) is 0 Å². The summed E-state index contributed by atoms with van der Waals surface area (Å²) < 4.78 is 1.18. The fourth-order valence-corrected chi connectivity index (χ4v) is 2.88. The van der Waals surface area contributed by atoms with Gasteiger partial charge in [0.05, 0.1) is 10.2 Å². The summed E-state index contributed by atoms with van der Waals surface area (Å²) in [5.41, 5.74) is 11.3. The van der Waals surface area contributed by atoms with E-state index in [0.29, 0.717) is 0 Å². The number of benzene rings is 2. The zero-order chi connectivity index (χ0) is 12.7. The van der Waals surface area contributed by atoms with Gasteiger partial charge in [-0.1, -0.05) is 12.1 Å². The Morgan fingerprint density at radius 1 is 1.00 bits per heavy atom. The number of nitrogens with zero attached hydrogens (tertiary/aromatic N) is 1. The highest BCUT2D eigenvalue weighted by molar-refractivity contribution is 7.21. The Morgan fingerprint density at radius 2 is 1.83 bits per heavy atom. The van der Waals surface area contributed by atoms with Crippen LogP contribution in [0.4, 0.5) is 5.69 Å². The van der Waals surface area contributed by atoms with Crippen molar-refractivity contribution in [2.75, 3.05) is 5.73 Å². The first-order valence-electron chi connectivity index (χ1n) is 5.87. The second-order valence-electron chi connectivity index (χ2n) is 4.55. The average Bonchev–Trinajstić information content (AvgIpc) is 2.75. The third-order valence-corrected chi connectivity index (χ3v) is 4.25. The van der Waals surface area contributed by atoms with E-state index in [1.165, 1.54) is 21.4 Å². The maximum absolute atomic E-state index is 5.78. The SMILES string of the molecule is Cc1ccc(-c2nc3cc(N)ccc3s2)cc1C. The minimum atomic E-state index is 0.763. The molecule has 1 aromatic heterocycles. The lowest BCUT2D eigenvalue weighted by Gasteiger charge is -2.01. The summed E-state index contributed by atoms with van der Waals surface area (Å²) in [5.74, 6) is 0. The molecule has 3 rings (SSSR count). The second kappa shape index (κ2) is 4.10. The van der Waals surface area contributed by atoms with Gasteiger partial charge in [0.2, 0.25) is 0 Å². The fraction of sp³-hybridized carbons (Fsp3) is 0.133. The monoisotopic (exact) mass is 254 g/mol. The molecule has 3 aromatic rings. The summed E-state index contributed by atoms with van der Waals surface area (Å²) >= 11 is 1.71. The third kappa shape index (κ3) is 1.87. The van der Waals surface area contributed by atoms with Crippen LogP contribution < -0.4 is 5.73 Å².